The minimum Gasteiger partial charge on any atom is -0.394 e. The molecule has 0 aliphatic carbocycles. The van der Waals surface area contributed by atoms with E-state index in [1.165, 1.54) is 0 Å². The Hall–Kier alpha value is -2.13. The Morgan fingerprint density at radius 3 is 2.23 bits per heavy atom. The smallest absolute Gasteiger partial charge is 0.254 e. The van der Waals surface area contributed by atoms with Crippen LogP contribution in [0.25, 0.3) is 11.1 Å². The van der Waals surface area contributed by atoms with Crippen LogP contribution in [0.4, 0.5) is 0 Å². The molecule has 0 bridgehead atoms. The molecule has 0 fully saturated rings. The zero-order valence-corrected chi connectivity index (χ0v) is 13.4. The lowest BCUT2D eigenvalue weighted by Gasteiger charge is -2.30. The van der Waals surface area contributed by atoms with Gasteiger partial charge in [0, 0.05) is 12.6 Å². The fourth-order valence-electron chi connectivity index (χ4n) is 2.66. The van der Waals surface area contributed by atoms with Crippen molar-refractivity contribution in [3.8, 4) is 11.1 Å². The summed E-state index contributed by atoms with van der Waals surface area (Å²) in [6.07, 6.45) is 0. The van der Waals surface area contributed by atoms with Gasteiger partial charge in [0.1, 0.15) is 0 Å². The molecular formula is C19H23NO2. The lowest BCUT2D eigenvalue weighted by Crippen LogP contribution is -2.42. The maximum Gasteiger partial charge on any atom is 0.254 e. The normalized spacial score (nSPS) is 12.2. The summed E-state index contributed by atoms with van der Waals surface area (Å²) in [4.78, 5) is 14.5. The van der Waals surface area contributed by atoms with Gasteiger partial charge < -0.3 is 10.0 Å². The number of aliphatic hydroxyl groups is 1. The first-order valence-corrected chi connectivity index (χ1v) is 7.58. The highest BCUT2D eigenvalue weighted by atomic mass is 16.3. The average Bonchev–Trinajstić information content (AvgIpc) is 2.55. The van der Waals surface area contributed by atoms with Crippen LogP contribution in [0.15, 0.2) is 54.6 Å². The number of hydrogen-bond donors (Lipinski definition) is 1. The van der Waals surface area contributed by atoms with Gasteiger partial charge in [-0.25, -0.2) is 0 Å². The summed E-state index contributed by atoms with van der Waals surface area (Å²) in [5.74, 6) is 0.134. The summed E-state index contributed by atoms with van der Waals surface area (Å²) in [6, 6.07) is 17.3. The molecule has 1 atom stereocenters. The average molecular weight is 297 g/mol. The van der Waals surface area contributed by atoms with Crippen molar-refractivity contribution >= 4 is 5.91 Å². The molecule has 0 aliphatic heterocycles. The molecule has 3 nitrogen and oxygen atoms in total. The molecular weight excluding hydrogens is 274 g/mol. The second-order valence-electron chi connectivity index (χ2n) is 5.82. The van der Waals surface area contributed by atoms with Crippen LogP contribution in [0.5, 0.6) is 0 Å². The molecule has 0 heterocycles. The highest BCUT2D eigenvalue weighted by Gasteiger charge is 2.24. The SMILES string of the molecule is CC(C)C(CO)N(C)C(=O)c1ccccc1-c1ccccc1. The summed E-state index contributed by atoms with van der Waals surface area (Å²) in [5, 5.41) is 9.56. The van der Waals surface area contributed by atoms with Gasteiger partial charge in [-0.15, -0.1) is 0 Å². The van der Waals surface area contributed by atoms with Gasteiger partial charge in [-0.05, 0) is 23.1 Å². The molecule has 1 N–H and O–H groups in total. The van der Waals surface area contributed by atoms with Gasteiger partial charge in [-0.2, -0.15) is 0 Å². The van der Waals surface area contributed by atoms with E-state index < -0.39 is 0 Å². The minimum absolute atomic E-state index is 0.0343. The van der Waals surface area contributed by atoms with Crippen molar-refractivity contribution in [2.24, 2.45) is 5.92 Å². The van der Waals surface area contributed by atoms with E-state index in [2.05, 4.69) is 0 Å². The maximum absolute atomic E-state index is 12.9. The molecule has 1 amide bonds. The standard InChI is InChI=1S/C19H23NO2/c1-14(2)18(13-21)20(3)19(22)17-12-8-7-11-16(17)15-9-5-4-6-10-15/h4-12,14,18,21H,13H2,1-3H3. The monoisotopic (exact) mass is 297 g/mol. The molecule has 0 saturated heterocycles. The van der Waals surface area contributed by atoms with E-state index in [0.29, 0.717) is 5.56 Å². The Bertz CT molecular complexity index is 622. The van der Waals surface area contributed by atoms with E-state index in [9.17, 15) is 9.90 Å². The number of aliphatic hydroxyl groups excluding tert-OH is 1. The molecule has 1 unspecified atom stereocenters. The maximum atomic E-state index is 12.9. The zero-order chi connectivity index (χ0) is 16.1. The number of benzene rings is 2. The number of nitrogens with zero attached hydrogens (tertiary/aromatic N) is 1. The van der Waals surface area contributed by atoms with Gasteiger partial charge in [0.25, 0.3) is 5.91 Å². The number of amides is 1. The second kappa shape index (κ2) is 7.23. The van der Waals surface area contributed by atoms with Crippen molar-refractivity contribution in [3.05, 3.63) is 60.2 Å². The molecule has 3 heteroatoms. The first-order chi connectivity index (χ1) is 10.6. The molecule has 116 valence electrons. The number of carbonyl (C=O) groups excluding carboxylic acids is 1. The van der Waals surface area contributed by atoms with E-state index in [1.807, 2.05) is 68.4 Å². The van der Waals surface area contributed by atoms with E-state index in [4.69, 9.17) is 0 Å². The van der Waals surface area contributed by atoms with Crippen LogP contribution in [0.1, 0.15) is 24.2 Å². The summed E-state index contributed by atoms with van der Waals surface area (Å²) < 4.78 is 0. The van der Waals surface area contributed by atoms with Crippen LogP contribution >= 0.6 is 0 Å². The fraction of sp³-hybridized carbons (Fsp3) is 0.316. The Balaban J connectivity index is 2.39. The highest BCUT2D eigenvalue weighted by Crippen LogP contribution is 2.25. The fourth-order valence-corrected chi connectivity index (χ4v) is 2.66. The number of carbonyl (C=O) groups is 1. The van der Waals surface area contributed by atoms with Gasteiger partial charge in [-0.1, -0.05) is 62.4 Å². The Morgan fingerprint density at radius 2 is 1.64 bits per heavy atom. The molecule has 0 aliphatic rings. The van der Waals surface area contributed by atoms with Crippen LogP contribution in [0.3, 0.4) is 0 Å². The van der Waals surface area contributed by atoms with Gasteiger partial charge in [-0.3, -0.25) is 4.79 Å². The highest BCUT2D eigenvalue weighted by molar-refractivity contribution is 6.00. The third-order valence-corrected chi connectivity index (χ3v) is 4.02. The predicted octanol–water partition coefficient (Wildman–Crippen LogP) is 3.44. The quantitative estimate of drug-likeness (QED) is 0.918. The summed E-state index contributed by atoms with van der Waals surface area (Å²) in [7, 11) is 1.75. The molecule has 0 radical (unpaired) electrons. The minimum atomic E-state index is -0.184. The van der Waals surface area contributed by atoms with Crippen LogP contribution in [0, 0.1) is 5.92 Å². The van der Waals surface area contributed by atoms with Crippen molar-refractivity contribution < 1.29 is 9.90 Å². The number of rotatable bonds is 5. The van der Waals surface area contributed by atoms with Crippen LogP contribution < -0.4 is 0 Å². The lowest BCUT2D eigenvalue weighted by atomic mass is 9.97. The Labute approximate surface area is 132 Å². The van der Waals surface area contributed by atoms with E-state index in [1.54, 1.807) is 11.9 Å². The molecule has 0 spiro atoms. The molecule has 0 saturated carbocycles. The lowest BCUT2D eigenvalue weighted by molar-refractivity contribution is 0.0589. The van der Waals surface area contributed by atoms with Gasteiger partial charge in [0.05, 0.1) is 12.6 Å². The van der Waals surface area contributed by atoms with Crippen LogP contribution in [-0.4, -0.2) is 35.6 Å². The second-order valence-corrected chi connectivity index (χ2v) is 5.82. The first-order valence-electron chi connectivity index (χ1n) is 7.58. The third kappa shape index (κ3) is 3.37. The largest absolute Gasteiger partial charge is 0.394 e. The molecule has 2 rings (SSSR count). The molecule has 22 heavy (non-hydrogen) atoms. The summed E-state index contributed by atoms with van der Waals surface area (Å²) in [6.45, 7) is 3.98. The zero-order valence-electron chi connectivity index (χ0n) is 13.4. The van der Waals surface area contributed by atoms with E-state index in [0.717, 1.165) is 11.1 Å². The molecule has 2 aromatic carbocycles. The number of likely N-dealkylation sites (N-methyl/N-ethyl adjacent to an activating group) is 1. The Kier molecular flexibility index (Phi) is 5.34. The van der Waals surface area contributed by atoms with Crippen LogP contribution in [0.2, 0.25) is 0 Å². The van der Waals surface area contributed by atoms with Gasteiger partial charge in [0.2, 0.25) is 0 Å². The number of hydrogen-bond acceptors (Lipinski definition) is 2. The van der Waals surface area contributed by atoms with E-state index in [-0.39, 0.29) is 24.5 Å². The summed E-state index contributed by atoms with van der Waals surface area (Å²) >= 11 is 0. The van der Waals surface area contributed by atoms with Gasteiger partial charge >= 0.3 is 0 Å². The van der Waals surface area contributed by atoms with Crippen molar-refractivity contribution in [2.75, 3.05) is 13.7 Å². The van der Waals surface area contributed by atoms with Crippen molar-refractivity contribution in [3.63, 3.8) is 0 Å². The van der Waals surface area contributed by atoms with Crippen molar-refractivity contribution in [1.29, 1.82) is 0 Å². The molecule has 0 aromatic heterocycles. The summed E-state index contributed by atoms with van der Waals surface area (Å²) in [5.41, 5.74) is 2.60. The predicted molar refractivity (Wildman–Crippen MR) is 89.7 cm³/mol. The van der Waals surface area contributed by atoms with E-state index >= 15 is 0 Å². The van der Waals surface area contributed by atoms with Crippen molar-refractivity contribution in [1.82, 2.24) is 4.90 Å². The Morgan fingerprint density at radius 1 is 1.05 bits per heavy atom. The molecule has 2 aromatic rings. The topological polar surface area (TPSA) is 40.5 Å². The first kappa shape index (κ1) is 16.2. The van der Waals surface area contributed by atoms with Crippen molar-refractivity contribution in [2.45, 2.75) is 19.9 Å². The third-order valence-electron chi connectivity index (χ3n) is 4.02. The van der Waals surface area contributed by atoms with Crippen LogP contribution in [-0.2, 0) is 0 Å². The van der Waals surface area contributed by atoms with Gasteiger partial charge in [0.15, 0.2) is 0 Å².